The van der Waals surface area contributed by atoms with Crippen molar-refractivity contribution in [1.82, 2.24) is 10.3 Å². The van der Waals surface area contributed by atoms with Gasteiger partial charge in [0.2, 0.25) is 5.91 Å². The third-order valence-electron chi connectivity index (χ3n) is 4.85. The lowest BCUT2D eigenvalue weighted by molar-refractivity contribution is -0.115. The minimum atomic E-state index is -0.273. The molecule has 4 rings (SSSR count). The SMILES string of the molecule is O=C(Cc1csc(-c2ccccc2)n1)Nc1ccc(NC(=O)NCC2CCCO2)cc1. The molecule has 160 valence electrons. The molecule has 0 aliphatic carbocycles. The van der Waals surface area contributed by atoms with Crippen molar-refractivity contribution in [2.45, 2.75) is 25.4 Å². The predicted molar refractivity (Wildman–Crippen MR) is 122 cm³/mol. The van der Waals surface area contributed by atoms with Gasteiger partial charge in [-0.05, 0) is 37.1 Å². The lowest BCUT2D eigenvalue weighted by Gasteiger charge is -2.12. The van der Waals surface area contributed by atoms with E-state index in [1.54, 1.807) is 24.3 Å². The van der Waals surface area contributed by atoms with Crippen molar-refractivity contribution in [3.05, 3.63) is 65.7 Å². The Morgan fingerprint density at radius 3 is 2.48 bits per heavy atom. The van der Waals surface area contributed by atoms with Gasteiger partial charge in [-0.1, -0.05) is 30.3 Å². The van der Waals surface area contributed by atoms with E-state index >= 15 is 0 Å². The predicted octanol–water partition coefficient (Wildman–Crippen LogP) is 4.29. The maximum absolute atomic E-state index is 12.4. The summed E-state index contributed by atoms with van der Waals surface area (Å²) in [5.74, 6) is -0.139. The fraction of sp³-hybridized carbons (Fsp3) is 0.261. The Balaban J connectivity index is 1.24. The van der Waals surface area contributed by atoms with E-state index in [4.69, 9.17) is 4.74 Å². The number of ether oxygens (including phenoxy) is 1. The first-order valence-electron chi connectivity index (χ1n) is 10.2. The normalized spacial score (nSPS) is 15.4. The Bertz CT molecular complexity index is 1010. The number of amides is 3. The Hall–Kier alpha value is -3.23. The zero-order chi connectivity index (χ0) is 21.5. The molecule has 1 aliphatic rings. The van der Waals surface area contributed by atoms with E-state index in [9.17, 15) is 9.59 Å². The molecular weight excluding hydrogens is 412 g/mol. The summed E-state index contributed by atoms with van der Waals surface area (Å²) in [6.07, 6.45) is 2.32. The van der Waals surface area contributed by atoms with E-state index in [2.05, 4.69) is 20.9 Å². The molecule has 1 atom stereocenters. The molecule has 1 fully saturated rings. The highest BCUT2D eigenvalue weighted by molar-refractivity contribution is 7.13. The zero-order valence-corrected chi connectivity index (χ0v) is 17.8. The molecule has 0 saturated carbocycles. The highest BCUT2D eigenvalue weighted by atomic mass is 32.1. The number of nitrogens with one attached hydrogen (secondary N) is 3. The molecule has 3 amide bonds. The van der Waals surface area contributed by atoms with Gasteiger partial charge in [0.25, 0.3) is 0 Å². The molecule has 7 nitrogen and oxygen atoms in total. The molecular formula is C23H24N4O3S. The largest absolute Gasteiger partial charge is 0.376 e. The van der Waals surface area contributed by atoms with Gasteiger partial charge in [-0.15, -0.1) is 11.3 Å². The van der Waals surface area contributed by atoms with Crippen LogP contribution in [0.25, 0.3) is 10.6 Å². The van der Waals surface area contributed by atoms with Gasteiger partial charge in [-0.2, -0.15) is 0 Å². The number of nitrogens with zero attached hydrogens (tertiary/aromatic N) is 1. The highest BCUT2D eigenvalue weighted by Crippen LogP contribution is 2.23. The number of anilines is 2. The molecule has 1 aliphatic heterocycles. The van der Waals surface area contributed by atoms with Crippen molar-refractivity contribution in [2.24, 2.45) is 0 Å². The minimum Gasteiger partial charge on any atom is -0.376 e. The number of carbonyl (C=O) groups excluding carboxylic acids is 2. The van der Waals surface area contributed by atoms with Crippen LogP contribution in [0.4, 0.5) is 16.2 Å². The summed E-state index contributed by atoms with van der Waals surface area (Å²) in [4.78, 5) is 28.9. The van der Waals surface area contributed by atoms with Crippen LogP contribution in [0.2, 0.25) is 0 Å². The second-order valence-corrected chi connectivity index (χ2v) is 8.14. The molecule has 1 saturated heterocycles. The first kappa shape index (κ1) is 21.0. The molecule has 1 aromatic heterocycles. The van der Waals surface area contributed by atoms with E-state index in [0.717, 1.165) is 35.7 Å². The number of hydrogen-bond donors (Lipinski definition) is 3. The standard InChI is InChI=1S/C23H24N4O3S/c28-21(13-19-15-31-22(26-19)16-5-2-1-3-6-16)25-17-8-10-18(11-9-17)27-23(29)24-14-20-7-4-12-30-20/h1-3,5-6,8-11,15,20H,4,7,12-14H2,(H,25,28)(H2,24,27,29). The van der Waals surface area contributed by atoms with E-state index in [-0.39, 0.29) is 24.5 Å². The first-order chi connectivity index (χ1) is 15.2. The highest BCUT2D eigenvalue weighted by Gasteiger charge is 2.16. The quantitative estimate of drug-likeness (QED) is 0.515. The average molecular weight is 437 g/mol. The van der Waals surface area contributed by atoms with Crippen molar-refractivity contribution in [2.75, 3.05) is 23.8 Å². The topological polar surface area (TPSA) is 92.4 Å². The van der Waals surface area contributed by atoms with Gasteiger partial charge < -0.3 is 20.7 Å². The van der Waals surface area contributed by atoms with Crippen molar-refractivity contribution in [1.29, 1.82) is 0 Å². The van der Waals surface area contributed by atoms with Gasteiger partial charge >= 0.3 is 6.03 Å². The number of carbonyl (C=O) groups is 2. The fourth-order valence-electron chi connectivity index (χ4n) is 3.30. The van der Waals surface area contributed by atoms with Crippen LogP contribution in [-0.4, -0.2) is 36.2 Å². The Morgan fingerprint density at radius 1 is 1.03 bits per heavy atom. The minimum absolute atomic E-state index is 0.102. The van der Waals surface area contributed by atoms with Crippen LogP contribution in [0.1, 0.15) is 18.5 Å². The molecule has 0 radical (unpaired) electrons. The van der Waals surface area contributed by atoms with Crippen LogP contribution in [0.15, 0.2) is 60.0 Å². The Kier molecular flexibility index (Phi) is 6.91. The van der Waals surface area contributed by atoms with Crippen LogP contribution < -0.4 is 16.0 Å². The molecule has 3 N–H and O–H groups in total. The molecule has 2 heterocycles. The van der Waals surface area contributed by atoms with Crippen molar-refractivity contribution in [3.63, 3.8) is 0 Å². The first-order valence-corrected chi connectivity index (χ1v) is 11.1. The number of rotatable bonds is 7. The maximum Gasteiger partial charge on any atom is 0.319 e. The summed E-state index contributed by atoms with van der Waals surface area (Å²) in [5, 5.41) is 11.3. The molecule has 8 heteroatoms. The summed E-state index contributed by atoms with van der Waals surface area (Å²) in [7, 11) is 0. The van der Waals surface area contributed by atoms with E-state index < -0.39 is 0 Å². The third-order valence-corrected chi connectivity index (χ3v) is 5.80. The van der Waals surface area contributed by atoms with Crippen LogP contribution >= 0.6 is 11.3 Å². The molecule has 0 bridgehead atoms. The monoisotopic (exact) mass is 436 g/mol. The van der Waals surface area contributed by atoms with Crippen LogP contribution in [-0.2, 0) is 16.0 Å². The van der Waals surface area contributed by atoms with Gasteiger partial charge in [-0.3, -0.25) is 4.79 Å². The number of urea groups is 1. The lowest BCUT2D eigenvalue weighted by atomic mass is 10.2. The third kappa shape index (κ3) is 6.13. The summed E-state index contributed by atoms with van der Waals surface area (Å²) in [6, 6.07) is 16.6. The van der Waals surface area contributed by atoms with E-state index in [1.165, 1.54) is 11.3 Å². The van der Waals surface area contributed by atoms with E-state index in [0.29, 0.717) is 17.9 Å². The molecule has 31 heavy (non-hydrogen) atoms. The van der Waals surface area contributed by atoms with Gasteiger partial charge in [0, 0.05) is 35.5 Å². The smallest absolute Gasteiger partial charge is 0.319 e. The summed E-state index contributed by atoms with van der Waals surface area (Å²) in [6.45, 7) is 1.26. The van der Waals surface area contributed by atoms with Gasteiger partial charge in [0.1, 0.15) is 5.01 Å². The van der Waals surface area contributed by atoms with Gasteiger partial charge in [0.05, 0.1) is 18.2 Å². The molecule has 0 spiro atoms. The number of aromatic nitrogens is 1. The number of hydrogen-bond acceptors (Lipinski definition) is 5. The summed E-state index contributed by atoms with van der Waals surface area (Å²) >= 11 is 1.53. The number of benzene rings is 2. The van der Waals surface area contributed by atoms with Gasteiger partial charge in [0.15, 0.2) is 0 Å². The Labute approximate surface area is 184 Å². The summed E-state index contributed by atoms with van der Waals surface area (Å²) in [5.41, 5.74) is 3.09. The molecule has 3 aromatic rings. The van der Waals surface area contributed by atoms with Crippen LogP contribution in [0, 0.1) is 0 Å². The second kappa shape index (κ2) is 10.2. The second-order valence-electron chi connectivity index (χ2n) is 7.28. The van der Waals surface area contributed by atoms with E-state index in [1.807, 2.05) is 35.7 Å². The van der Waals surface area contributed by atoms with Crippen molar-refractivity contribution >= 4 is 34.6 Å². The lowest BCUT2D eigenvalue weighted by Crippen LogP contribution is -2.35. The summed E-state index contributed by atoms with van der Waals surface area (Å²) < 4.78 is 5.49. The average Bonchev–Trinajstić information content (AvgIpc) is 3.46. The number of thiazole rings is 1. The fourth-order valence-corrected chi connectivity index (χ4v) is 4.12. The maximum atomic E-state index is 12.4. The van der Waals surface area contributed by atoms with Crippen LogP contribution in [0.3, 0.4) is 0 Å². The Morgan fingerprint density at radius 2 is 1.77 bits per heavy atom. The van der Waals surface area contributed by atoms with Gasteiger partial charge in [-0.25, -0.2) is 9.78 Å². The molecule has 2 aromatic carbocycles. The van der Waals surface area contributed by atoms with Crippen LogP contribution in [0.5, 0.6) is 0 Å². The zero-order valence-electron chi connectivity index (χ0n) is 17.0. The molecule has 1 unspecified atom stereocenters. The van der Waals surface area contributed by atoms with Crippen molar-refractivity contribution in [3.8, 4) is 10.6 Å². The van der Waals surface area contributed by atoms with Crippen molar-refractivity contribution < 1.29 is 14.3 Å².